The van der Waals surface area contributed by atoms with Gasteiger partial charge in [-0.15, -0.1) is 0 Å². The molecule has 3 heteroatoms. The number of carbonyl (C=O) groups excluding carboxylic acids is 1. The molecule has 0 aromatic rings. The predicted octanol–water partition coefficient (Wildman–Crippen LogP) is 2.54. The molecule has 0 spiro atoms. The number of nitrogens with two attached hydrogens (primary N) is 1. The van der Waals surface area contributed by atoms with E-state index in [4.69, 9.17) is 5.73 Å². The first-order valence-electron chi connectivity index (χ1n) is 7.63. The molecule has 1 amide bonds. The number of carbonyl (C=O) groups is 1. The van der Waals surface area contributed by atoms with E-state index in [0.717, 1.165) is 25.3 Å². The van der Waals surface area contributed by atoms with E-state index >= 15 is 0 Å². The summed E-state index contributed by atoms with van der Waals surface area (Å²) in [6, 6.07) is 0. The van der Waals surface area contributed by atoms with E-state index < -0.39 is 0 Å². The molecule has 0 aromatic heterocycles. The second-order valence-corrected chi connectivity index (χ2v) is 6.38. The molecule has 2 N–H and O–H groups in total. The quantitative estimate of drug-likeness (QED) is 0.782. The van der Waals surface area contributed by atoms with E-state index in [2.05, 4.69) is 0 Å². The van der Waals surface area contributed by atoms with E-state index in [9.17, 15) is 4.79 Å². The van der Waals surface area contributed by atoms with Crippen molar-refractivity contribution in [1.82, 2.24) is 4.90 Å². The highest BCUT2D eigenvalue weighted by Gasteiger charge is 2.39. The third-order valence-electron chi connectivity index (χ3n) is 5.01. The lowest BCUT2D eigenvalue weighted by molar-refractivity contribution is -0.142. The first kappa shape index (κ1) is 13.9. The molecule has 0 radical (unpaired) electrons. The lowest BCUT2D eigenvalue weighted by atomic mass is 9.78. The molecule has 0 saturated heterocycles. The number of amides is 1. The van der Waals surface area contributed by atoms with E-state index in [1.807, 2.05) is 11.9 Å². The van der Waals surface area contributed by atoms with E-state index in [-0.39, 0.29) is 5.41 Å². The summed E-state index contributed by atoms with van der Waals surface area (Å²) in [5, 5.41) is 0. The number of hydrogen-bond donors (Lipinski definition) is 1. The molecular weight excluding hydrogens is 224 g/mol. The number of nitrogens with zero attached hydrogens (tertiary/aromatic N) is 1. The normalized spacial score (nSPS) is 24.1. The summed E-state index contributed by atoms with van der Waals surface area (Å²) in [6.07, 6.45) is 10.8. The molecule has 0 heterocycles. The minimum absolute atomic E-state index is 0.241. The first-order chi connectivity index (χ1) is 8.68. The van der Waals surface area contributed by atoms with Gasteiger partial charge in [-0.3, -0.25) is 4.79 Å². The molecular formula is C15H28N2O. The van der Waals surface area contributed by atoms with E-state index in [0.29, 0.717) is 12.5 Å². The Morgan fingerprint density at radius 2 is 1.78 bits per heavy atom. The van der Waals surface area contributed by atoms with Crippen LogP contribution in [0.15, 0.2) is 0 Å². The molecule has 2 aliphatic carbocycles. The van der Waals surface area contributed by atoms with Crippen LogP contribution >= 0.6 is 0 Å². The zero-order valence-electron chi connectivity index (χ0n) is 11.8. The highest BCUT2D eigenvalue weighted by atomic mass is 16.2. The Kier molecular flexibility index (Phi) is 4.66. The van der Waals surface area contributed by atoms with Crippen molar-refractivity contribution in [2.45, 2.75) is 57.8 Å². The molecule has 18 heavy (non-hydrogen) atoms. The van der Waals surface area contributed by atoms with Gasteiger partial charge in [0.25, 0.3) is 0 Å². The summed E-state index contributed by atoms with van der Waals surface area (Å²) in [5.41, 5.74) is 5.74. The molecule has 0 bridgehead atoms. The third-order valence-corrected chi connectivity index (χ3v) is 5.01. The minimum Gasteiger partial charge on any atom is -0.345 e. The fraction of sp³-hybridized carbons (Fsp3) is 0.933. The standard InChI is InChI=1S/C15H28N2O/c1-17(11-13-7-6-8-13)14(18)15(12-16)9-4-2-3-5-10-15/h13H,2-12,16H2,1H3. The van der Waals surface area contributed by atoms with Crippen molar-refractivity contribution >= 4 is 5.91 Å². The highest BCUT2D eigenvalue weighted by molar-refractivity contribution is 5.82. The lowest BCUT2D eigenvalue weighted by Gasteiger charge is -2.37. The Morgan fingerprint density at radius 1 is 1.17 bits per heavy atom. The van der Waals surface area contributed by atoms with Crippen molar-refractivity contribution < 1.29 is 4.79 Å². The first-order valence-corrected chi connectivity index (χ1v) is 7.63. The molecule has 0 atom stereocenters. The fourth-order valence-corrected chi connectivity index (χ4v) is 3.46. The predicted molar refractivity (Wildman–Crippen MR) is 74.2 cm³/mol. The van der Waals surface area contributed by atoms with Crippen molar-refractivity contribution in [3.8, 4) is 0 Å². The Morgan fingerprint density at radius 3 is 2.22 bits per heavy atom. The molecule has 2 aliphatic rings. The Bertz CT molecular complexity index is 278. The maximum absolute atomic E-state index is 12.7. The van der Waals surface area contributed by atoms with Gasteiger partial charge in [0.2, 0.25) is 5.91 Å². The van der Waals surface area contributed by atoms with Crippen LogP contribution in [0.3, 0.4) is 0 Å². The number of hydrogen-bond acceptors (Lipinski definition) is 2. The lowest BCUT2D eigenvalue weighted by Crippen LogP contribution is -2.48. The van der Waals surface area contributed by atoms with Gasteiger partial charge in [0.1, 0.15) is 0 Å². The Labute approximate surface area is 111 Å². The van der Waals surface area contributed by atoms with Crippen LogP contribution in [-0.4, -0.2) is 30.9 Å². The summed E-state index contributed by atoms with van der Waals surface area (Å²) >= 11 is 0. The minimum atomic E-state index is -0.241. The Hall–Kier alpha value is -0.570. The van der Waals surface area contributed by atoms with Gasteiger partial charge in [0.15, 0.2) is 0 Å². The fourth-order valence-electron chi connectivity index (χ4n) is 3.46. The SMILES string of the molecule is CN(CC1CCC1)C(=O)C1(CN)CCCCCC1. The van der Waals surface area contributed by atoms with Gasteiger partial charge >= 0.3 is 0 Å². The van der Waals surface area contributed by atoms with Crippen molar-refractivity contribution in [3.05, 3.63) is 0 Å². The van der Waals surface area contributed by atoms with Crippen LogP contribution in [0, 0.1) is 11.3 Å². The monoisotopic (exact) mass is 252 g/mol. The second kappa shape index (κ2) is 6.05. The van der Waals surface area contributed by atoms with Crippen LogP contribution in [0.2, 0.25) is 0 Å². The Balaban J connectivity index is 1.97. The topological polar surface area (TPSA) is 46.3 Å². The molecule has 3 nitrogen and oxygen atoms in total. The summed E-state index contributed by atoms with van der Waals surface area (Å²) in [7, 11) is 1.98. The molecule has 2 rings (SSSR count). The molecule has 2 fully saturated rings. The summed E-state index contributed by atoms with van der Waals surface area (Å²) in [6.45, 7) is 1.47. The van der Waals surface area contributed by atoms with E-state index in [1.54, 1.807) is 0 Å². The average Bonchev–Trinajstić information content (AvgIpc) is 2.58. The van der Waals surface area contributed by atoms with Gasteiger partial charge in [0.05, 0.1) is 5.41 Å². The van der Waals surface area contributed by atoms with Crippen molar-refractivity contribution in [2.75, 3.05) is 20.1 Å². The maximum Gasteiger partial charge on any atom is 0.229 e. The van der Waals surface area contributed by atoms with Gasteiger partial charge in [0, 0.05) is 20.1 Å². The van der Waals surface area contributed by atoms with Gasteiger partial charge < -0.3 is 10.6 Å². The van der Waals surface area contributed by atoms with Crippen LogP contribution in [0.25, 0.3) is 0 Å². The van der Waals surface area contributed by atoms with Gasteiger partial charge in [-0.05, 0) is 31.6 Å². The van der Waals surface area contributed by atoms with Crippen LogP contribution in [0.1, 0.15) is 57.8 Å². The molecule has 0 aromatic carbocycles. The van der Waals surface area contributed by atoms with Crippen molar-refractivity contribution in [3.63, 3.8) is 0 Å². The van der Waals surface area contributed by atoms with E-state index in [1.165, 1.54) is 44.9 Å². The maximum atomic E-state index is 12.7. The van der Waals surface area contributed by atoms with Gasteiger partial charge in [-0.25, -0.2) is 0 Å². The largest absolute Gasteiger partial charge is 0.345 e. The zero-order valence-corrected chi connectivity index (χ0v) is 11.8. The third kappa shape index (κ3) is 2.87. The number of rotatable bonds is 4. The summed E-state index contributed by atoms with van der Waals surface area (Å²) in [5.74, 6) is 1.07. The van der Waals surface area contributed by atoms with Gasteiger partial charge in [-0.2, -0.15) is 0 Å². The molecule has 0 aliphatic heterocycles. The molecule has 0 unspecified atom stereocenters. The van der Waals surface area contributed by atoms with Crippen LogP contribution in [0.4, 0.5) is 0 Å². The van der Waals surface area contributed by atoms with Crippen molar-refractivity contribution in [1.29, 1.82) is 0 Å². The molecule has 104 valence electrons. The summed E-state index contributed by atoms with van der Waals surface area (Å²) in [4.78, 5) is 14.7. The smallest absolute Gasteiger partial charge is 0.229 e. The zero-order chi connectivity index (χ0) is 13.0. The second-order valence-electron chi connectivity index (χ2n) is 6.38. The van der Waals surface area contributed by atoms with Gasteiger partial charge in [-0.1, -0.05) is 32.1 Å². The van der Waals surface area contributed by atoms with Crippen LogP contribution < -0.4 is 5.73 Å². The molecule has 2 saturated carbocycles. The highest BCUT2D eigenvalue weighted by Crippen LogP contribution is 2.36. The summed E-state index contributed by atoms with van der Waals surface area (Å²) < 4.78 is 0. The van der Waals surface area contributed by atoms with Crippen molar-refractivity contribution in [2.24, 2.45) is 17.1 Å². The van der Waals surface area contributed by atoms with Crippen LogP contribution in [0.5, 0.6) is 0 Å². The average molecular weight is 252 g/mol. The van der Waals surface area contributed by atoms with Crippen LogP contribution in [-0.2, 0) is 4.79 Å².